The second-order valence-corrected chi connectivity index (χ2v) is 7.85. The molecule has 0 aliphatic rings. The number of sulfonamides is 1. The molecule has 0 radical (unpaired) electrons. The van der Waals surface area contributed by atoms with E-state index >= 15 is 0 Å². The number of amides is 1. The summed E-state index contributed by atoms with van der Waals surface area (Å²) in [5, 5.41) is 2.74. The molecule has 1 atom stereocenters. The Kier molecular flexibility index (Phi) is 7.83. The Morgan fingerprint density at radius 3 is 2.21 bits per heavy atom. The molecule has 0 fully saturated rings. The Morgan fingerprint density at radius 1 is 1.04 bits per heavy atom. The van der Waals surface area contributed by atoms with E-state index in [0.717, 1.165) is 11.3 Å². The first-order valence-corrected chi connectivity index (χ1v) is 10.5. The molecule has 7 nitrogen and oxygen atoms in total. The fourth-order valence-electron chi connectivity index (χ4n) is 2.51. The zero-order chi connectivity index (χ0) is 20.6. The van der Waals surface area contributed by atoms with Gasteiger partial charge in [-0.3, -0.25) is 4.79 Å². The standard InChI is InChI=1S/C20H26N2O5S/c1-4-27-18-9-11-19(12-10-18)28(24,25)22-15(2)20(23)21-14-13-16-5-7-17(26-3)8-6-16/h5-12,15,22H,4,13-14H2,1-3H3,(H,21,23)/t15-/m0/s1. The monoisotopic (exact) mass is 406 g/mol. The molecule has 152 valence electrons. The summed E-state index contributed by atoms with van der Waals surface area (Å²) in [4.78, 5) is 12.3. The third-order valence-electron chi connectivity index (χ3n) is 4.04. The van der Waals surface area contributed by atoms with Crippen LogP contribution >= 0.6 is 0 Å². The number of hydrogen-bond donors (Lipinski definition) is 2. The molecule has 0 aliphatic carbocycles. The molecule has 0 unspecified atom stereocenters. The highest BCUT2D eigenvalue weighted by molar-refractivity contribution is 7.89. The van der Waals surface area contributed by atoms with Crippen LogP contribution in [0.3, 0.4) is 0 Å². The van der Waals surface area contributed by atoms with Crippen molar-refractivity contribution in [3.63, 3.8) is 0 Å². The minimum Gasteiger partial charge on any atom is -0.497 e. The smallest absolute Gasteiger partial charge is 0.241 e. The summed E-state index contributed by atoms with van der Waals surface area (Å²) in [6.07, 6.45) is 0.633. The Balaban J connectivity index is 1.86. The molecular weight excluding hydrogens is 380 g/mol. The molecule has 2 rings (SSSR count). The normalized spacial score (nSPS) is 12.2. The highest BCUT2D eigenvalue weighted by Crippen LogP contribution is 2.16. The van der Waals surface area contributed by atoms with Gasteiger partial charge in [-0.05, 0) is 62.2 Å². The van der Waals surface area contributed by atoms with Gasteiger partial charge in [0.15, 0.2) is 0 Å². The van der Waals surface area contributed by atoms with Gasteiger partial charge in [-0.25, -0.2) is 8.42 Å². The molecule has 0 bridgehead atoms. The molecule has 0 heterocycles. The van der Waals surface area contributed by atoms with Gasteiger partial charge in [0, 0.05) is 6.54 Å². The van der Waals surface area contributed by atoms with Crippen molar-refractivity contribution in [1.82, 2.24) is 10.0 Å². The van der Waals surface area contributed by atoms with Gasteiger partial charge in [0.1, 0.15) is 11.5 Å². The second-order valence-electron chi connectivity index (χ2n) is 6.14. The van der Waals surface area contributed by atoms with Crippen LogP contribution in [0.15, 0.2) is 53.4 Å². The molecule has 0 aliphatic heterocycles. The molecule has 2 aromatic carbocycles. The van der Waals surface area contributed by atoms with Crippen molar-refractivity contribution in [3.05, 3.63) is 54.1 Å². The fraction of sp³-hybridized carbons (Fsp3) is 0.350. The molecule has 28 heavy (non-hydrogen) atoms. The van der Waals surface area contributed by atoms with Crippen molar-refractivity contribution in [1.29, 1.82) is 0 Å². The quantitative estimate of drug-likeness (QED) is 0.630. The number of carbonyl (C=O) groups is 1. The van der Waals surface area contributed by atoms with E-state index in [2.05, 4.69) is 10.0 Å². The summed E-state index contributed by atoms with van der Waals surface area (Å²) in [5.74, 6) is 0.971. The van der Waals surface area contributed by atoms with Crippen molar-refractivity contribution in [3.8, 4) is 11.5 Å². The zero-order valence-corrected chi connectivity index (χ0v) is 17.1. The molecule has 0 spiro atoms. The minimum absolute atomic E-state index is 0.0776. The topological polar surface area (TPSA) is 93.7 Å². The number of benzene rings is 2. The molecule has 2 aromatic rings. The van der Waals surface area contributed by atoms with E-state index < -0.39 is 16.1 Å². The van der Waals surface area contributed by atoms with Crippen LogP contribution in [0.4, 0.5) is 0 Å². The van der Waals surface area contributed by atoms with E-state index in [9.17, 15) is 13.2 Å². The maximum atomic E-state index is 12.4. The highest BCUT2D eigenvalue weighted by atomic mass is 32.2. The molecule has 0 saturated carbocycles. The van der Waals surface area contributed by atoms with Gasteiger partial charge in [-0.2, -0.15) is 4.72 Å². The van der Waals surface area contributed by atoms with Crippen molar-refractivity contribution in [2.24, 2.45) is 0 Å². The molecule has 0 aromatic heterocycles. The lowest BCUT2D eigenvalue weighted by Gasteiger charge is -2.15. The van der Waals surface area contributed by atoms with E-state index in [4.69, 9.17) is 9.47 Å². The van der Waals surface area contributed by atoms with Crippen LogP contribution in [0, 0.1) is 0 Å². The minimum atomic E-state index is -3.80. The van der Waals surface area contributed by atoms with Crippen LogP contribution in [-0.4, -0.2) is 40.6 Å². The van der Waals surface area contributed by atoms with Crippen molar-refractivity contribution >= 4 is 15.9 Å². The lowest BCUT2D eigenvalue weighted by Crippen LogP contribution is -2.45. The van der Waals surface area contributed by atoms with Crippen LogP contribution < -0.4 is 19.5 Å². The Morgan fingerprint density at radius 2 is 1.64 bits per heavy atom. The van der Waals surface area contributed by atoms with E-state index in [-0.39, 0.29) is 10.8 Å². The van der Waals surface area contributed by atoms with Crippen molar-refractivity contribution in [2.45, 2.75) is 31.2 Å². The van der Waals surface area contributed by atoms with Crippen LogP contribution in [0.25, 0.3) is 0 Å². The predicted molar refractivity (Wildman–Crippen MR) is 107 cm³/mol. The van der Waals surface area contributed by atoms with E-state index in [1.165, 1.54) is 19.1 Å². The van der Waals surface area contributed by atoms with E-state index in [1.54, 1.807) is 19.2 Å². The van der Waals surface area contributed by atoms with Gasteiger partial charge >= 0.3 is 0 Å². The lowest BCUT2D eigenvalue weighted by atomic mass is 10.1. The molecule has 0 saturated heterocycles. The third-order valence-corrected chi connectivity index (χ3v) is 5.60. The predicted octanol–water partition coefficient (Wildman–Crippen LogP) is 2.12. The maximum Gasteiger partial charge on any atom is 0.241 e. The van der Waals surface area contributed by atoms with Crippen molar-refractivity contribution < 1.29 is 22.7 Å². The Bertz CT molecular complexity index is 864. The van der Waals surface area contributed by atoms with Gasteiger partial charge in [-0.15, -0.1) is 0 Å². The third kappa shape index (κ3) is 6.24. The van der Waals surface area contributed by atoms with Gasteiger partial charge in [0.2, 0.25) is 15.9 Å². The van der Waals surface area contributed by atoms with E-state index in [0.29, 0.717) is 25.3 Å². The van der Waals surface area contributed by atoms with Gasteiger partial charge < -0.3 is 14.8 Å². The van der Waals surface area contributed by atoms with Gasteiger partial charge in [0.25, 0.3) is 0 Å². The highest BCUT2D eigenvalue weighted by Gasteiger charge is 2.21. The maximum absolute atomic E-state index is 12.4. The summed E-state index contributed by atoms with van der Waals surface area (Å²) >= 11 is 0. The molecule has 1 amide bonds. The second kappa shape index (κ2) is 10.1. The average Bonchev–Trinajstić information content (AvgIpc) is 2.68. The molecule has 8 heteroatoms. The lowest BCUT2D eigenvalue weighted by molar-refractivity contribution is -0.122. The summed E-state index contributed by atoms with van der Waals surface area (Å²) in [5.41, 5.74) is 1.05. The summed E-state index contributed by atoms with van der Waals surface area (Å²) in [6, 6.07) is 12.7. The first-order chi connectivity index (χ1) is 13.4. The van der Waals surface area contributed by atoms with Crippen LogP contribution in [0.2, 0.25) is 0 Å². The number of methoxy groups -OCH3 is 1. The number of ether oxygens (including phenoxy) is 2. The van der Waals surface area contributed by atoms with Crippen LogP contribution in [0.1, 0.15) is 19.4 Å². The van der Waals surface area contributed by atoms with Gasteiger partial charge in [-0.1, -0.05) is 12.1 Å². The first-order valence-electron chi connectivity index (χ1n) is 9.01. The van der Waals surface area contributed by atoms with Crippen molar-refractivity contribution in [2.75, 3.05) is 20.3 Å². The Hall–Kier alpha value is -2.58. The fourth-order valence-corrected chi connectivity index (χ4v) is 3.71. The first kappa shape index (κ1) is 21.7. The summed E-state index contributed by atoms with van der Waals surface area (Å²) in [7, 11) is -2.20. The van der Waals surface area contributed by atoms with E-state index in [1.807, 2.05) is 31.2 Å². The summed E-state index contributed by atoms with van der Waals surface area (Å²) < 4.78 is 37.6. The number of carbonyl (C=O) groups excluding carboxylic acids is 1. The average molecular weight is 407 g/mol. The molecule has 2 N–H and O–H groups in total. The van der Waals surface area contributed by atoms with Gasteiger partial charge in [0.05, 0.1) is 24.7 Å². The molecular formula is C20H26N2O5S. The van der Waals surface area contributed by atoms with Crippen LogP contribution in [-0.2, 0) is 21.2 Å². The number of nitrogens with one attached hydrogen (secondary N) is 2. The van der Waals surface area contributed by atoms with Crippen LogP contribution in [0.5, 0.6) is 11.5 Å². The SMILES string of the molecule is CCOc1ccc(S(=O)(=O)N[C@@H](C)C(=O)NCCc2ccc(OC)cc2)cc1. The largest absolute Gasteiger partial charge is 0.497 e. The number of hydrogen-bond acceptors (Lipinski definition) is 5. The summed E-state index contributed by atoms with van der Waals surface area (Å²) in [6.45, 7) is 4.26. The Labute approximate surface area is 166 Å². The zero-order valence-electron chi connectivity index (χ0n) is 16.3. The number of rotatable bonds is 10.